The second kappa shape index (κ2) is 14.1. The first-order valence-electron chi connectivity index (χ1n) is 14.5. The highest BCUT2D eigenvalue weighted by Crippen LogP contribution is 2.37. The van der Waals surface area contributed by atoms with Crippen LogP contribution in [0.3, 0.4) is 0 Å². The summed E-state index contributed by atoms with van der Waals surface area (Å²) >= 11 is 0. The van der Waals surface area contributed by atoms with Crippen LogP contribution in [0.5, 0.6) is 0 Å². The Labute approximate surface area is 249 Å². The van der Waals surface area contributed by atoms with Crippen LogP contribution < -0.4 is 15.1 Å². The van der Waals surface area contributed by atoms with Gasteiger partial charge in [0, 0.05) is 19.6 Å². The summed E-state index contributed by atoms with van der Waals surface area (Å²) in [4.78, 5) is 0. The first kappa shape index (κ1) is 34.7. The molecule has 2 aromatic rings. The summed E-state index contributed by atoms with van der Waals surface area (Å²) in [7, 11) is -5.68. The zero-order chi connectivity index (χ0) is 30.2. The van der Waals surface area contributed by atoms with Crippen LogP contribution in [-0.2, 0) is 19.8 Å². The summed E-state index contributed by atoms with van der Waals surface area (Å²) in [6, 6.07) is 21.1. The molecule has 1 unspecified atom stereocenters. The molecule has 0 aromatic heterocycles. The zero-order valence-corrected chi connectivity index (χ0v) is 29.6. The van der Waals surface area contributed by atoms with Crippen LogP contribution in [0, 0.1) is 11.8 Å². The Morgan fingerprint density at radius 1 is 0.775 bits per heavy atom. The molecule has 0 amide bonds. The van der Waals surface area contributed by atoms with Crippen LogP contribution in [0.15, 0.2) is 60.7 Å². The molecule has 4 nitrogen and oxygen atoms in total. The minimum atomic E-state index is -2.64. The predicted octanol–water partition coefficient (Wildman–Crippen LogP) is 6.79. The molecule has 2 rings (SSSR count). The van der Waals surface area contributed by atoms with E-state index in [9.17, 15) is 4.21 Å². The van der Waals surface area contributed by atoms with Gasteiger partial charge in [-0.25, -0.2) is 8.93 Å². The molecule has 0 saturated heterocycles. The smallest absolute Gasteiger partial charge is 0.261 e. The number of hydrogen-bond acceptors (Lipinski definition) is 3. The van der Waals surface area contributed by atoms with E-state index in [-0.39, 0.29) is 20.9 Å². The van der Waals surface area contributed by atoms with Crippen molar-refractivity contribution in [2.75, 3.05) is 13.2 Å². The fraction of sp³-hybridized carbons (Fsp3) is 0.576. The van der Waals surface area contributed by atoms with Gasteiger partial charge in [-0.15, -0.1) is 0 Å². The van der Waals surface area contributed by atoms with Crippen molar-refractivity contribution in [2.45, 2.75) is 109 Å². The fourth-order valence-corrected chi connectivity index (χ4v) is 10.7. The van der Waals surface area contributed by atoms with Gasteiger partial charge < -0.3 is 8.85 Å². The van der Waals surface area contributed by atoms with Gasteiger partial charge in [0.05, 0.1) is 21.8 Å². The quantitative estimate of drug-likeness (QED) is 0.176. The normalized spacial score (nSPS) is 14.8. The lowest BCUT2D eigenvalue weighted by Gasteiger charge is -2.43. The molecular weight excluding hydrogens is 547 g/mol. The molecule has 2 aromatic carbocycles. The Balaban J connectivity index is 2.28. The molecule has 0 radical (unpaired) electrons. The van der Waals surface area contributed by atoms with Gasteiger partial charge in [-0.3, -0.25) is 0 Å². The summed E-state index contributed by atoms with van der Waals surface area (Å²) in [5.74, 6) is 6.68. The highest BCUT2D eigenvalue weighted by Gasteiger charge is 2.50. The van der Waals surface area contributed by atoms with Gasteiger partial charge in [-0.2, -0.15) is 0 Å². The van der Waals surface area contributed by atoms with Crippen molar-refractivity contribution in [3.63, 3.8) is 0 Å². The maximum atomic E-state index is 13.0. The van der Waals surface area contributed by atoms with Crippen LogP contribution in [0.25, 0.3) is 0 Å². The molecule has 0 fully saturated rings. The van der Waals surface area contributed by atoms with Gasteiger partial charge in [-0.1, -0.05) is 114 Å². The molecule has 0 bridgehead atoms. The Kier molecular flexibility index (Phi) is 12.2. The molecule has 0 saturated carbocycles. The van der Waals surface area contributed by atoms with Crippen LogP contribution >= 0.6 is 0 Å². The van der Waals surface area contributed by atoms with E-state index in [1.54, 1.807) is 0 Å². The molecule has 0 heterocycles. The van der Waals surface area contributed by atoms with Crippen LogP contribution in [0.1, 0.15) is 75.2 Å². The van der Waals surface area contributed by atoms with E-state index in [0.717, 1.165) is 0 Å². The summed E-state index contributed by atoms with van der Waals surface area (Å²) in [6.07, 6.45) is 1.30. The first-order chi connectivity index (χ1) is 18.4. The lowest BCUT2D eigenvalue weighted by atomic mass is 10.2. The van der Waals surface area contributed by atoms with E-state index in [1.165, 1.54) is 10.4 Å². The monoisotopic (exact) mass is 599 g/mol. The van der Waals surface area contributed by atoms with E-state index in [1.807, 2.05) is 20.8 Å². The zero-order valence-electron chi connectivity index (χ0n) is 26.8. The molecule has 1 N–H and O–H groups in total. The topological polar surface area (TPSA) is 47.6 Å². The Morgan fingerprint density at radius 3 is 1.70 bits per heavy atom. The van der Waals surface area contributed by atoms with Gasteiger partial charge in [0.25, 0.3) is 8.32 Å². The Morgan fingerprint density at radius 2 is 1.27 bits per heavy atom. The molecule has 222 valence electrons. The van der Waals surface area contributed by atoms with Crippen molar-refractivity contribution in [3.05, 3.63) is 60.7 Å². The molecule has 7 heteroatoms. The van der Waals surface area contributed by atoms with Crippen molar-refractivity contribution >= 4 is 38.0 Å². The van der Waals surface area contributed by atoms with Crippen molar-refractivity contribution in [1.82, 2.24) is 4.72 Å². The standard InChI is InChI=1S/C33H53NO3SSi2/c1-31(2,3)38(35)34-28(20-18-19-26-36-39(10,11)32(4,5)6)25-27-37-40(33(7,8)9,29-21-14-12-15-22-29)30-23-16-13-17-24-30/h12-17,21-24,28,34H,19,25-27H2,1-11H3/t28-,38?/m0/s1. The molecule has 0 aliphatic rings. The maximum Gasteiger partial charge on any atom is 0.261 e. The predicted molar refractivity (Wildman–Crippen MR) is 179 cm³/mol. The highest BCUT2D eigenvalue weighted by atomic mass is 32.2. The maximum absolute atomic E-state index is 13.0. The Hall–Kier alpha value is -1.54. The SMILES string of the molecule is CC(C)(C)S(=O)N[C@@H](C#CCCO[Si](C)(C)C(C)(C)C)CCO[Si](c1ccccc1)(c1ccccc1)C(C)(C)C. The number of benzene rings is 2. The van der Waals surface area contributed by atoms with Crippen molar-refractivity contribution in [3.8, 4) is 11.8 Å². The minimum Gasteiger partial charge on any atom is -0.416 e. The minimum absolute atomic E-state index is 0.0976. The Bertz CT molecular complexity index is 1100. The van der Waals surface area contributed by atoms with Gasteiger partial charge in [0.1, 0.15) is 0 Å². The molecule has 0 aliphatic heterocycles. The lowest BCUT2D eigenvalue weighted by Crippen LogP contribution is -2.66. The van der Waals surface area contributed by atoms with Crippen molar-refractivity contribution in [1.29, 1.82) is 0 Å². The average molecular weight is 600 g/mol. The van der Waals surface area contributed by atoms with E-state index in [0.29, 0.717) is 26.1 Å². The number of hydrogen-bond donors (Lipinski definition) is 1. The second-order valence-corrected chi connectivity index (χ2v) is 25.1. The van der Waals surface area contributed by atoms with Gasteiger partial charge in [0.15, 0.2) is 8.32 Å². The third-order valence-corrected chi connectivity index (χ3v) is 18.9. The molecule has 40 heavy (non-hydrogen) atoms. The molecule has 0 spiro atoms. The lowest BCUT2D eigenvalue weighted by molar-refractivity contribution is 0.285. The van der Waals surface area contributed by atoms with Crippen LogP contribution in [0.4, 0.5) is 0 Å². The molecular formula is C33H53NO3SSi2. The number of rotatable bonds is 11. The summed E-state index contributed by atoms with van der Waals surface area (Å²) < 4.78 is 29.4. The highest BCUT2D eigenvalue weighted by molar-refractivity contribution is 7.84. The fourth-order valence-electron chi connectivity index (χ4n) is 4.33. The summed E-state index contributed by atoms with van der Waals surface area (Å²) in [6.45, 7) is 25.2. The molecule has 2 atom stereocenters. The van der Waals surface area contributed by atoms with E-state index in [4.69, 9.17) is 8.85 Å². The molecule has 0 aliphatic carbocycles. The van der Waals surface area contributed by atoms with Crippen molar-refractivity contribution in [2.24, 2.45) is 0 Å². The largest absolute Gasteiger partial charge is 0.416 e. The van der Waals surface area contributed by atoms with Gasteiger partial charge in [-0.05, 0) is 60.7 Å². The van der Waals surface area contributed by atoms with E-state index < -0.39 is 27.6 Å². The van der Waals surface area contributed by atoms with Crippen molar-refractivity contribution < 1.29 is 13.1 Å². The third-order valence-electron chi connectivity index (χ3n) is 7.72. The summed E-state index contributed by atoms with van der Waals surface area (Å²) in [5, 5.41) is 2.59. The van der Waals surface area contributed by atoms with Crippen LogP contribution in [0.2, 0.25) is 23.2 Å². The average Bonchev–Trinajstić information content (AvgIpc) is 2.85. The number of nitrogens with one attached hydrogen (secondary N) is 1. The first-order valence-corrected chi connectivity index (χ1v) is 20.4. The second-order valence-electron chi connectivity index (χ2n) is 14.0. The summed E-state index contributed by atoms with van der Waals surface area (Å²) in [5.41, 5.74) is 0. The van der Waals surface area contributed by atoms with Gasteiger partial charge in [0.2, 0.25) is 0 Å². The van der Waals surface area contributed by atoms with Gasteiger partial charge >= 0.3 is 0 Å². The third kappa shape index (κ3) is 9.24. The van der Waals surface area contributed by atoms with Crippen LogP contribution in [-0.4, -0.2) is 44.8 Å². The van der Waals surface area contributed by atoms with E-state index in [2.05, 4.69) is 132 Å². The van der Waals surface area contributed by atoms with E-state index >= 15 is 0 Å².